The second-order valence-electron chi connectivity index (χ2n) is 5.48. The van der Waals surface area contributed by atoms with Crippen LogP contribution in [-0.4, -0.2) is 18.2 Å². The van der Waals surface area contributed by atoms with Crippen LogP contribution in [0.2, 0.25) is 0 Å². The van der Waals surface area contributed by atoms with Gasteiger partial charge in [0.15, 0.2) is 0 Å². The van der Waals surface area contributed by atoms with Crippen LogP contribution in [0.25, 0.3) is 0 Å². The van der Waals surface area contributed by atoms with Gasteiger partial charge in [0.2, 0.25) is 0 Å². The summed E-state index contributed by atoms with van der Waals surface area (Å²) in [6.45, 7) is 4.37. The van der Waals surface area contributed by atoms with E-state index in [0.717, 1.165) is 12.8 Å². The monoisotopic (exact) mass is 211 g/mol. The highest BCUT2D eigenvalue weighted by molar-refractivity contribution is 5.07. The largest absolute Gasteiger partial charge is 0.375 e. The highest BCUT2D eigenvalue weighted by Crippen LogP contribution is 2.52. The predicted molar refractivity (Wildman–Crippen MR) is 62.7 cm³/mol. The Morgan fingerprint density at radius 3 is 2.53 bits per heavy atom. The highest BCUT2D eigenvalue weighted by Gasteiger charge is 2.54. The molecule has 0 bridgehead atoms. The van der Waals surface area contributed by atoms with Crippen molar-refractivity contribution in [3.8, 4) is 0 Å². The minimum absolute atomic E-state index is 0.363. The fourth-order valence-corrected chi connectivity index (χ4v) is 3.25. The van der Waals surface area contributed by atoms with Crippen molar-refractivity contribution >= 4 is 0 Å². The van der Waals surface area contributed by atoms with Gasteiger partial charge in [-0.15, -0.1) is 0 Å². The topological polar surface area (TPSA) is 35.2 Å². The number of hydrogen-bond acceptors (Lipinski definition) is 2. The van der Waals surface area contributed by atoms with E-state index in [4.69, 9.17) is 10.5 Å². The molecule has 2 aliphatic carbocycles. The number of rotatable bonds is 3. The summed E-state index contributed by atoms with van der Waals surface area (Å²) >= 11 is 0. The molecule has 0 saturated heterocycles. The molecule has 15 heavy (non-hydrogen) atoms. The normalized spacial score (nSPS) is 36.2. The second kappa shape index (κ2) is 4.42. The van der Waals surface area contributed by atoms with Crippen molar-refractivity contribution in [1.82, 2.24) is 0 Å². The van der Waals surface area contributed by atoms with Crippen molar-refractivity contribution in [1.29, 1.82) is 0 Å². The summed E-state index contributed by atoms with van der Waals surface area (Å²) in [5.74, 6) is 0. The van der Waals surface area contributed by atoms with Gasteiger partial charge in [0, 0.05) is 11.5 Å². The van der Waals surface area contributed by atoms with Crippen LogP contribution in [-0.2, 0) is 4.74 Å². The smallest absolute Gasteiger partial charge is 0.0664 e. The van der Waals surface area contributed by atoms with Gasteiger partial charge in [-0.05, 0) is 32.6 Å². The van der Waals surface area contributed by atoms with E-state index in [9.17, 15) is 0 Å². The zero-order valence-electron chi connectivity index (χ0n) is 10.2. The maximum absolute atomic E-state index is 6.22. The third kappa shape index (κ3) is 1.94. The zero-order chi connectivity index (χ0) is 10.9. The standard InChI is InChI=1S/C13H25NO/c1-3-10(2)15-12-9-11(14)13(12)7-5-4-6-8-13/h10-12H,3-9,14H2,1-2H3. The van der Waals surface area contributed by atoms with E-state index in [1.165, 1.54) is 32.1 Å². The Kier molecular flexibility index (Phi) is 3.36. The number of nitrogens with two attached hydrogens (primary N) is 1. The lowest BCUT2D eigenvalue weighted by molar-refractivity contribution is -0.165. The van der Waals surface area contributed by atoms with Crippen molar-refractivity contribution in [3.05, 3.63) is 0 Å². The Balaban J connectivity index is 1.95. The molecule has 2 heteroatoms. The maximum Gasteiger partial charge on any atom is 0.0664 e. The Morgan fingerprint density at radius 2 is 2.00 bits per heavy atom. The summed E-state index contributed by atoms with van der Waals surface area (Å²) in [5.41, 5.74) is 6.58. The summed E-state index contributed by atoms with van der Waals surface area (Å²) in [6, 6.07) is 0.409. The summed E-state index contributed by atoms with van der Waals surface area (Å²) < 4.78 is 6.12. The Labute approximate surface area is 93.6 Å². The molecule has 2 fully saturated rings. The molecule has 0 aromatic carbocycles. The molecular weight excluding hydrogens is 186 g/mol. The molecule has 0 aliphatic heterocycles. The first kappa shape index (κ1) is 11.4. The summed E-state index contributed by atoms with van der Waals surface area (Å²) in [6.07, 6.45) is 9.77. The SMILES string of the molecule is CCC(C)OC1CC(N)C12CCCCC2. The molecule has 2 rings (SSSR count). The summed E-state index contributed by atoms with van der Waals surface area (Å²) in [5, 5.41) is 0. The molecule has 2 aliphatic rings. The van der Waals surface area contributed by atoms with Crippen LogP contribution >= 0.6 is 0 Å². The van der Waals surface area contributed by atoms with E-state index in [1.807, 2.05) is 0 Å². The Morgan fingerprint density at radius 1 is 1.33 bits per heavy atom. The molecule has 3 atom stereocenters. The minimum atomic E-state index is 0.363. The third-order valence-electron chi connectivity index (χ3n) is 4.60. The van der Waals surface area contributed by atoms with Gasteiger partial charge < -0.3 is 10.5 Å². The van der Waals surface area contributed by atoms with Crippen molar-refractivity contribution in [2.45, 2.75) is 77.0 Å². The average Bonchev–Trinajstić information content (AvgIpc) is 2.29. The lowest BCUT2D eigenvalue weighted by Crippen LogP contribution is -2.63. The van der Waals surface area contributed by atoms with Crippen molar-refractivity contribution in [3.63, 3.8) is 0 Å². The molecule has 0 amide bonds. The highest BCUT2D eigenvalue weighted by atomic mass is 16.5. The predicted octanol–water partition coefficient (Wildman–Crippen LogP) is 2.85. The fraction of sp³-hybridized carbons (Fsp3) is 1.00. The lowest BCUT2D eigenvalue weighted by atomic mass is 9.55. The minimum Gasteiger partial charge on any atom is -0.375 e. The van der Waals surface area contributed by atoms with Crippen molar-refractivity contribution in [2.24, 2.45) is 11.1 Å². The third-order valence-corrected chi connectivity index (χ3v) is 4.60. The van der Waals surface area contributed by atoms with Gasteiger partial charge >= 0.3 is 0 Å². The second-order valence-corrected chi connectivity index (χ2v) is 5.48. The number of hydrogen-bond donors (Lipinski definition) is 1. The van der Waals surface area contributed by atoms with Crippen LogP contribution in [0.3, 0.4) is 0 Å². The molecule has 3 unspecified atom stereocenters. The first-order valence-corrected chi connectivity index (χ1v) is 6.60. The van der Waals surface area contributed by atoms with Crippen LogP contribution in [0.4, 0.5) is 0 Å². The molecule has 1 spiro atoms. The molecule has 2 N–H and O–H groups in total. The van der Waals surface area contributed by atoms with E-state index in [0.29, 0.717) is 23.7 Å². The molecule has 0 radical (unpaired) electrons. The molecule has 88 valence electrons. The number of ether oxygens (including phenoxy) is 1. The fourth-order valence-electron chi connectivity index (χ4n) is 3.25. The quantitative estimate of drug-likeness (QED) is 0.779. The van der Waals surface area contributed by atoms with Crippen molar-refractivity contribution < 1.29 is 4.74 Å². The van der Waals surface area contributed by atoms with Crippen LogP contribution in [0.1, 0.15) is 58.8 Å². The summed E-state index contributed by atoms with van der Waals surface area (Å²) in [7, 11) is 0. The van der Waals surface area contributed by atoms with E-state index >= 15 is 0 Å². The van der Waals surface area contributed by atoms with Crippen LogP contribution in [0.5, 0.6) is 0 Å². The van der Waals surface area contributed by atoms with E-state index < -0.39 is 0 Å². The van der Waals surface area contributed by atoms with Crippen LogP contribution in [0.15, 0.2) is 0 Å². The molecule has 0 aromatic rings. The van der Waals surface area contributed by atoms with Gasteiger partial charge in [-0.25, -0.2) is 0 Å². The first-order valence-electron chi connectivity index (χ1n) is 6.60. The average molecular weight is 211 g/mol. The van der Waals surface area contributed by atoms with Gasteiger partial charge in [0.05, 0.1) is 12.2 Å². The van der Waals surface area contributed by atoms with E-state index in [2.05, 4.69) is 13.8 Å². The lowest BCUT2D eigenvalue weighted by Gasteiger charge is -2.57. The Hall–Kier alpha value is -0.0800. The molecule has 2 saturated carbocycles. The summed E-state index contributed by atoms with van der Waals surface area (Å²) in [4.78, 5) is 0. The molecule has 0 aromatic heterocycles. The maximum atomic E-state index is 6.22. The van der Waals surface area contributed by atoms with Crippen LogP contribution in [0, 0.1) is 5.41 Å². The van der Waals surface area contributed by atoms with Gasteiger partial charge in [-0.3, -0.25) is 0 Å². The van der Waals surface area contributed by atoms with Gasteiger partial charge in [-0.2, -0.15) is 0 Å². The Bertz CT molecular complexity index is 211. The van der Waals surface area contributed by atoms with Gasteiger partial charge in [-0.1, -0.05) is 26.2 Å². The molecule has 0 heterocycles. The van der Waals surface area contributed by atoms with Crippen LogP contribution < -0.4 is 5.73 Å². The van der Waals surface area contributed by atoms with Crippen molar-refractivity contribution in [2.75, 3.05) is 0 Å². The van der Waals surface area contributed by atoms with Gasteiger partial charge in [0.1, 0.15) is 0 Å². The van der Waals surface area contributed by atoms with E-state index in [1.54, 1.807) is 0 Å². The molecular formula is C13H25NO. The first-order chi connectivity index (χ1) is 7.19. The zero-order valence-corrected chi connectivity index (χ0v) is 10.2. The van der Waals surface area contributed by atoms with E-state index in [-0.39, 0.29) is 0 Å². The van der Waals surface area contributed by atoms with Gasteiger partial charge in [0.25, 0.3) is 0 Å². The molecule has 2 nitrogen and oxygen atoms in total.